The molecule has 1 fully saturated rings. The third-order valence-corrected chi connectivity index (χ3v) is 6.30. The van der Waals surface area contributed by atoms with Crippen molar-refractivity contribution in [3.63, 3.8) is 0 Å². The molecule has 2 atom stereocenters. The van der Waals surface area contributed by atoms with Gasteiger partial charge in [0.2, 0.25) is 15.9 Å². The van der Waals surface area contributed by atoms with Crippen molar-refractivity contribution in [2.45, 2.75) is 32.2 Å². The monoisotopic (exact) mass is 405 g/mol. The van der Waals surface area contributed by atoms with Crippen LogP contribution in [0.1, 0.15) is 25.0 Å². The highest BCUT2D eigenvalue weighted by molar-refractivity contribution is 7.88. The van der Waals surface area contributed by atoms with E-state index in [-0.39, 0.29) is 42.6 Å². The Labute approximate surface area is 161 Å². The third-order valence-electron chi connectivity index (χ3n) is 4.48. The number of benzene rings is 1. The standard InChI is InChI=1S/C17H27N3O4S.ClH/c1-13(14(2)18)17(21)19-11-15-5-3-4-6-16(15)12-25(22,23)20-7-9-24-10-8-20;/h3-6,13-14H,7-12,18H2,1-2H3,(H,19,21);1H. The molecular formula is C17H28ClN3O4S. The number of carbonyl (C=O) groups excluding carboxylic acids is 1. The van der Waals surface area contributed by atoms with Crippen LogP contribution in [-0.2, 0) is 31.9 Å². The molecule has 1 aliphatic heterocycles. The van der Waals surface area contributed by atoms with Gasteiger partial charge in [-0.3, -0.25) is 4.79 Å². The molecule has 2 unspecified atom stereocenters. The quantitative estimate of drug-likeness (QED) is 0.700. The van der Waals surface area contributed by atoms with Gasteiger partial charge >= 0.3 is 0 Å². The zero-order valence-electron chi connectivity index (χ0n) is 15.2. The van der Waals surface area contributed by atoms with E-state index in [0.717, 1.165) is 5.56 Å². The molecular weight excluding hydrogens is 378 g/mol. The van der Waals surface area contributed by atoms with Gasteiger partial charge in [0.25, 0.3) is 0 Å². The predicted octanol–water partition coefficient (Wildman–Crippen LogP) is 0.870. The number of carbonyl (C=O) groups is 1. The molecule has 1 amide bonds. The lowest BCUT2D eigenvalue weighted by Crippen LogP contribution is -2.41. The number of nitrogens with one attached hydrogen (secondary N) is 1. The van der Waals surface area contributed by atoms with Gasteiger partial charge in [-0.05, 0) is 18.1 Å². The summed E-state index contributed by atoms with van der Waals surface area (Å²) < 4.78 is 31.9. The number of hydrogen-bond donors (Lipinski definition) is 2. The maximum Gasteiger partial charge on any atom is 0.224 e. The lowest BCUT2D eigenvalue weighted by Gasteiger charge is -2.26. The van der Waals surface area contributed by atoms with Crippen molar-refractivity contribution in [2.24, 2.45) is 11.7 Å². The van der Waals surface area contributed by atoms with Crippen LogP contribution in [-0.4, -0.2) is 51.0 Å². The van der Waals surface area contributed by atoms with Crippen LogP contribution in [0.25, 0.3) is 0 Å². The van der Waals surface area contributed by atoms with Crippen molar-refractivity contribution in [1.29, 1.82) is 0 Å². The maximum atomic E-state index is 12.6. The Morgan fingerprint density at radius 1 is 1.23 bits per heavy atom. The van der Waals surface area contributed by atoms with Crippen molar-refractivity contribution in [3.05, 3.63) is 35.4 Å². The molecule has 7 nitrogen and oxygen atoms in total. The summed E-state index contributed by atoms with van der Waals surface area (Å²) in [5, 5.41) is 2.84. The van der Waals surface area contributed by atoms with Gasteiger partial charge in [0.05, 0.1) is 19.0 Å². The van der Waals surface area contributed by atoms with E-state index in [1.165, 1.54) is 4.31 Å². The second-order valence-electron chi connectivity index (χ2n) is 6.40. The summed E-state index contributed by atoms with van der Waals surface area (Å²) in [6.45, 7) is 5.45. The highest BCUT2D eigenvalue weighted by atomic mass is 35.5. The van der Waals surface area contributed by atoms with E-state index < -0.39 is 10.0 Å². The van der Waals surface area contributed by atoms with Gasteiger partial charge in [-0.25, -0.2) is 8.42 Å². The van der Waals surface area contributed by atoms with E-state index in [9.17, 15) is 13.2 Å². The molecule has 0 aromatic heterocycles. The molecule has 2 rings (SSSR count). The first-order valence-corrected chi connectivity index (χ1v) is 10.1. The molecule has 0 spiro atoms. The molecule has 1 aliphatic rings. The van der Waals surface area contributed by atoms with E-state index >= 15 is 0 Å². The van der Waals surface area contributed by atoms with Crippen molar-refractivity contribution in [1.82, 2.24) is 9.62 Å². The highest BCUT2D eigenvalue weighted by Gasteiger charge is 2.25. The van der Waals surface area contributed by atoms with Gasteiger partial charge in [0, 0.05) is 31.6 Å². The lowest BCUT2D eigenvalue weighted by atomic mass is 10.0. The van der Waals surface area contributed by atoms with Crippen molar-refractivity contribution >= 4 is 28.3 Å². The molecule has 26 heavy (non-hydrogen) atoms. The number of ether oxygens (including phenoxy) is 1. The van der Waals surface area contributed by atoms with E-state index in [2.05, 4.69) is 5.32 Å². The molecule has 0 radical (unpaired) electrons. The maximum absolute atomic E-state index is 12.6. The Morgan fingerprint density at radius 2 is 1.81 bits per heavy atom. The Bertz CT molecular complexity index is 691. The Hall–Kier alpha value is -1.19. The summed E-state index contributed by atoms with van der Waals surface area (Å²) in [4.78, 5) is 12.1. The van der Waals surface area contributed by atoms with Crippen LogP contribution in [0.2, 0.25) is 0 Å². The normalized spacial score (nSPS) is 17.8. The molecule has 1 saturated heterocycles. The summed E-state index contributed by atoms with van der Waals surface area (Å²) in [5.41, 5.74) is 7.24. The van der Waals surface area contributed by atoms with Gasteiger partial charge in [0.15, 0.2) is 0 Å². The van der Waals surface area contributed by atoms with Crippen LogP contribution >= 0.6 is 12.4 Å². The van der Waals surface area contributed by atoms with Gasteiger partial charge in [-0.15, -0.1) is 12.4 Å². The average molecular weight is 406 g/mol. The largest absolute Gasteiger partial charge is 0.379 e. The fourth-order valence-corrected chi connectivity index (χ4v) is 4.13. The number of hydrogen-bond acceptors (Lipinski definition) is 5. The van der Waals surface area contributed by atoms with Gasteiger partial charge < -0.3 is 15.8 Å². The Balaban J connectivity index is 0.00000338. The zero-order valence-corrected chi connectivity index (χ0v) is 16.8. The first-order valence-electron chi connectivity index (χ1n) is 8.47. The third kappa shape index (κ3) is 6.21. The van der Waals surface area contributed by atoms with Crippen LogP contribution in [0.5, 0.6) is 0 Å². The second-order valence-corrected chi connectivity index (χ2v) is 8.37. The van der Waals surface area contributed by atoms with E-state index in [1.54, 1.807) is 26.0 Å². The fraction of sp³-hybridized carbons (Fsp3) is 0.588. The van der Waals surface area contributed by atoms with Crippen LogP contribution < -0.4 is 11.1 Å². The number of halogens is 1. The number of sulfonamides is 1. The second kappa shape index (κ2) is 10.2. The summed E-state index contributed by atoms with van der Waals surface area (Å²) in [6, 6.07) is 7.02. The minimum Gasteiger partial charge on any atom is -0.379 e. The highest BCUT2D eigenvalue weighted by Crippen LogP contribution is 2.17. The number of rotatable bonds is 7. The van der Waals surface area contributed by atoms with Gasteiger partial charge in [-0.2, -0.15) is 4.31 Å². The van der Waals surface area contributed by atoms with Gasteiger partial charge in [0.1, 0.15) is 0 Å². The average Bonchev–Trinajstić information content (AvgIpc) is 2.60. The number of nitrogens with zero attached hydrogens (tertiary/aromatic N) is 1. The molecule has 0 saturated carbocycles. The minimum absolute atomic E-state index is 0. The topological polar surface area (TPSA) is 102 Å². The summed E-state index contributed by atoms with van der Waals surface area (Å²) >= 11 is 0. The van der Waals surface area contributed by atoms with Crippen molar-refractivity contribution < 1.29 is 17.9 Å². The smallest absolute Gasteiger partial charge is 0.224 e. The molecule has 1 heterocycles. The van der Waals surface area contributed by atoms with Crippen LogP contribution in [0.15, 0.2) is 24.3 Å². The van der Waals surface area contributed by atoms with E-state index in [4.69, 9.17) is 10.5 Å². The molecule has 0 aliphatic carbocycles. The first-order chi connectivity index (χ1) is 11.8. The molecule has 1 aromatic rings. The number of amides is 1. The molecule has 148 valence electrons. The number of morpholine rings is 1. The van der Waals surface area contributed by atoms with E-state index in [1.807, 2.05) is 12.1 Å². The SMILES string of the molecule is CC(N)C(C)C(=O)NCc1ccccc1CS(=O)(=O)N1CCOCC1.Cl. The van der Waals surface area contributed by atoms with Crippen molar-refractivity contribution in [3.8, 4) is 0 Å². The number of nitrogens with two attached hydrogens (primary N) is 1. The summed E-state index contributed by atoms with van der Waals surface area (Å²) in [7, 11) is -3.41. The van der Waals surface area contributed by atoms with Crippen molar-refractivity contribution in [2.75, 3.05) is 26.3 Å². The van der Waals surface area contributed by atoms with Gasteiger partial charge in [-0.1, -0.05) is 31.2 Å². The predicted molar refractivity (Wildman–Crippen MR) is 103 cm³/mol. The molecule has 0 bridgehead atoms. The minimum atomic E-state index is -3.41. The van der Waals surface area contributed by atoms with E-state index in [0.29, 0.717) is 31.9 Å². The van der Waals surface area contributed by atoms with Crippen LogP contribution in [0.3, 0.4) is 0 Å². The van der Waals surface area contributed by atoms with Crippen LogP contribution in [0, 0.1) is 5.92 Å². The Morgan fingerprint density at radius 3 is 2.38 bits per heavy atom. The zero-order chi connectivity index (χ0) is 18.4. The summed E-state index contributed by atoms with van der Waals surface area (Å²) in [5.74, 6) is -0.521. The summed E-state index contributed by atoms with van der Waals surface area (Å²) in [6.07, 6.45) is 0. The molecule has 1 aromatic carbocycles. The Kier molecular flexibility index (Phi) is 8.99. The van der Waals surface area contributed by atoms with Crippen LogP contribution in [0.4, 0.5) is 0 Å². The molecule has 9 heteroatoms. The first kappa shape index (κ1) is 22.9. The molecule has 3 N–H and O–H groups in total. The lowest BCUT2D eigenvalue weighted by molar-refractivity contribution is -0.125. The fourth-order valence-electron chi connectivity index (χ4n) is 2.57.